The quantitative estimate of drug-likeness (QED) is 0.912. The lowest BCUT2D eigenvalue weighted by Crippen LogP contribution is -2.44. The van der Waals surface area contributed by atoms with Gasteiger partial charge in [-0.3, -0.25) is 4.79 Å². The number of carbonyl (C=O) groups is 2. The van der Waals surface area contributed by atoms with E-state index in [1.807, 2.05) is 9.80 Å². The Balaban J connectivity index is 1.48. The van der Waals surface area contributed by atoms with Gasteiger partial charge in [0, 0.05) is 33.2 Å². The summed E-state index contributed by atoms with van der Waals surface area (Å²) < 4.78 is 13.0. The maximum atomic E-state index is 13.0. The zero-order chi connectivity index (χ0) is 17.8. The third kappa shape index (κ3) is 4.30. The van der Waals surface area contributed by atoms with Crippen LogP contribution in [0.5, 0.6) is 0 Å². The van der Waals surface area contributed by atoms with Crippen LogP contribution in [0, 0.1) is 17.7 Å². The predicted octanol–water partition coefficient (Wildman–Crippen LogP) is 2.27. The fourth-order valence-corrected chi connectivity index (χ4v) is 4.02. The summed E-state index contributed by atoms with van der Waals surface area (Å²) in [5.41, 5.74) is 0.855. The van der Waals surface area contributed by atoms with Crippen LogP contribution in [0.3, 0.4) is 0 Å². The molecule has 2 aliphatic heterocycles. The Hall–Kier alpha value is -2.11. The Morgan fingerprint density at radius 1 is 1.04 bits per heavy atom. The molecule has 2 aliphatic rings. The Morgan fingerprint density at radius 2 is 1.64 bits per heavy atom. The largest absolute Gasteiger partial charge is 0.342 e. The van der Waals surface area contributed by atoms with Crippen LogP contribution in [0.1, 0.15) is 24.8 Å². The first-order valence-electron chi connectivity index (χ1n) is 9.05. The Labute approximate surface area is 148 Å². The maximum Gasteiger partial charge on any atom is 0.317 e. The number of nitrogens with zero attached hydrogens (tertiary/aromatic N) is 2. The van der Waals surface area contributed by atoms with Gasteiger partial charge in [0.2, 0.25) is 5.91 Å². The number of halogens is 1. The first kappa shape index (κ1) is 17.7. The summed E-state index contributed by atoms with van der Waals surface area (Å²) >= 11 is 0. The summed E-state index contributed by atoms with van der Waals surface area (Å²) in [7, 11) is 1.66. The van der Waals surface area contributed by atoms with E-state index in [4.69, 9.17) is 0 Å². The number of carbonyl (C=O) groups excluding carboxylic acids is 2. The lowest BCUT2D eigenvalue weighted by molar-refractivity contribution is -0.129. The van der Waals surface area contributed by atoms with Crippen LogP contribution >= 0.6 is 0 Å². The Morgan fingerprint density at radius 3 is 2.28 bits per heavy atom. The normalized spacial score (nSPS) is 21.4. The van der Waals surface area contributed by atoms with Gasteiger partial charge in [0.25, 0.3) is 0 Å². The van der Waals surface area contributed by atoms with Crippen LogP contribution in [0.25, 0.3) is 0 Å². The molecule has 0 aliphatic carbocycles. The van der Waals surface area contributed by atoms with Crippen molar-refractivity contribution in [3.63, 3.8) is 0 Å². The molecule has 1 aromatic rings. The number of piperidine rings is 1. The van der Waals surface area contributed by atoms with E-state index in [0.717, 1.165) is 51.0 Å². The van der Waals surface area contributed by atoms with Gasteiger partial charge in [-0.2, -0.15) is 0 Å². The molecule has 0 bridgehead atoms. The zero-order valence-corrected chi connectivity index (χ0v) is 14.7. The van der Waals surface area contributed by atoms with Crippen molar-refractivity contribution in [2.45, 2.75) is 25.7 Å². The first-order valence-corrected chi connectivity index (χ1v) is 9.05. The van der Waals surface area contributed by atoms with Crippen molar-refractivity contribution < 1.29 is 14.0 Å². The monoisotopic (exact) mass is 347 g/mol. The molecule has 6 heteroatoms. The Bertz CT molecular complexity index is 612. The minimum atomic E-state index is -0.277. The summed E-state index contributed by atoms with van der Waals surface area (Å²) in [5.74, 6) is 0.964. The van der Waals surface area contributed by atoms with Gasteiger partial charge in [0.15, 0.2) is 0 Å². The average molecular weight is 347 g/mol. The lowest BCUT2D eigenvalue weighted by Gasteiger charge is -2.34. The van der Waals surface area contributed by atoms with Crippen molar-refractivity contribution in [2.75, 3.05) is 33.2 Å². The van der Waals surface area contributed by atoms with E-state index >= 15 is 0 Å². The van der Waals surface area contributed by atoms with E-state index in [1.54, 1.807) is 19.2 Å². The second-order valence-corrected chi connectivity index (χ2v) is 7.07. The molecule has 3 amide bonds. The second kappa shape index (κ2) is 7.85. The summed E-state index contributed by atoms with van der Waals surface area (Å²) in [6, 6.07) is 6.15. The van der Waals surface area contributed by atoms with Crippen LogP contribution in [0.15, 0.2) is 24.3 Å². The van der Waals surface area contributed by atoms with Crippen molar-refractivity contribution in [3.05, 3.63) is 35.6 Å². The maximum absolute atomic E-state index is 13.0. The molecule has 25 heavy (non-hydrogen) atoms. The van der Waals surface area contributed by atoms with Gasteiger partial charge in [-0.25, -0.2) is 9.18 Å². The SMILES string of the molecule is CNC(=O)N1CCC(C2CCN(C(=O)Cc3ccc(F)cc3)C2)CC1. The minimum absolute atomic E-state index is 0.000902. The van der Waals surface area contributed by atoms with Crippen LogP contribution in [-0.2, 0) is 11.2 Å². The third-order valence-electron chi connectivity index (χ3n) is 5.55. The van der Waals surface area contributed by atoms with Gasteiger partial charge < -0.3 is 15.1 Å². The summed E-state index contributed by atoms with van der Waals surface area (Å²) in [6.45, 7) is 3.21. The van der Waals surface area contributed by atoms with Crippen molar-refractivity contribution in [3.8, 4) is 0 Å². The van der Waals surface area contributed by atoms with Crippen molar-refractivity contribution in [1.29, 1.82) is 0 Å². The molecule has 2 saturated heterocycles. The molecule has 0 radical (unpaired) electrons. The highest BCUT2D eigenvalue weighted by Gasteiger charge is 2.34. The van der Waals surface area contributed by atoms with Crippen LogP contribution in [-0.4, -0.2) is 55.0 Å². The fraction of sp³-hybridized carbons (Fsp3) is 0.579. The van der Waals surface area contributed by atoms with Crippen LogP contribution in [0.4, 0.5) is 9.18 Å². The van der Waals surface area contributed by atoms with E-state index < -0.39 is 0 Å². The molecular formula is C19H26FN3O2. The highest BCUT2D eigenvalue weighted by molar-refractivity contribution is 5.79. The standard InChI is InChI=1S/C19H26FN3O2/c1-21-19(25)22-9-6-15(7-10-22)16-8-11-23(13-16)18(24)12-14-2-4-17(20)5-3-14/h2-5,15-16H,6-13H2,1H3,(H,21,25). The van der Waals surface area contributed by atoms with E-state index in [2.05, 4.69) is 5.32 Å². The number of rotatable bonds is 3. The smallest absolute Gasteiger partial charge is 0.317 e. The fourth-order valence-electron chi connectivity index (χ4n) is 4.02. The average Bonchev–Trinajstić information content (AvgIpc) is 3.13. The molecule has 0 spiro atoms. The lowest BCUT2D eigenvalue weighted by atomic mass is 9.84. The van der Waals surface area contributed by atoms with Gasteiger partial charge in [0.1, 0.15) is 5.82 Å². The van der Waals surface area contributed by atoms with Gasteiger partial charge >= 0.3 is 6.03 Å². The number of likely N-dealkylation sites (tertiary alicyclic amines) is 2. The van der Waals surface area contributed by atoms with Crippen LogP contribution < -0.4 is 5.32 Å². The molecule has 5 nitrogen and oxygen atoms in total. The predicted molar refractivity (Wildman–Crippen MR) is 93.5 cm³/mol. The molecule has 2 fully saturated rings. The van der Waals surface area contributed by atoms with Gasteiger partial charge in [-0.05, 0) is 48.8 Å². The van der Waals surface area contributed by atoms with Gasteiger partial charge in [-0.1, -0.05) is 12.1 Å². The summed E-state index contributed by atoms with van der Waals surface area (Å²) in [5, 5.41) is 2.68. The summed E-state index contributed by atoms with van der Waals surface area (Å²) in [4.78, 5) is 28.0. The topological polar surface area (TPSA) is 52.7 Å². The van der Waals surface area contributed by atoms with E-state index in [9.17, 15) is 14.0 Å². The molecule has 0 aromatic heterocycles. The van der Waals surface area contributed by atoms with E-state index in [-0.39, 0.29) is 17.8 Å². The molecule has 2 heterocycles. The molecule has 0 saturated carbocycles. The summed E-state index contributed by atoms with van der Waals surface area (Å²) in [6.07, 6.45) is 3.40. The number of nitrogens with one attached hydrogen (secondary N) is 1. The van der Waals surface area contributed by atoms with Gasteiger partial charge in [-0.15, -0.1) is 0 Å². The molecule has 1 N–H and O–H groups in total. The number of hydrogen-bond acceptors (Lipinski definition) is 2. The van der Waals surface area contributed by atoms with Gasteiger partial charge in [0.05, 0.1) is 6.42 Å². The van der Waals surface area contributed by atoms with E-state index in [1.165, 1.54) is 12.1 Å². The zero-order valence-electron chi connectivity index (χ0n) is 14.7. The number of benzene rings is 1. The molecule has 3 rings (SSSR count). The molecular weight excluding hydrogens is 321 g/mol. The highest BCUT2D eigenvalue weighted by Crippen LogP contribution is 2.32. The number of hydrogen-bond donors (Lipinski definition) is 1. The molecule has 1 unspecified atom stereocenters. The third-order valence-corrected chi connectivity index (χ3v) is 5.55. The number of amides is 3. The second-order valence-electron chi connectivity index (χ2n) is 7.07. The van der Waals surface area contributed by atoms with Crippen LogP contribution in [0.2, 0.25) is 0 Å². The highest BCUT2D eigenvalue weighted by atomic mass is 19.1. The molecule has 1 atom stereocenters. The number of urea groups is 1. The Kier molecular flexibility index (Phi) is 5.56. The first-order chi connectivity index (χ1) is 12.1. The minimum Gasteiger partial charge on any atom is -0.342 e. The molecule has 1 aromatic carbocycles. The van der Waals surface area contributed by atoms with Crippen molar-refractivity contribution in [2.24, 2.45) is 11.8 Å². The van der Waals surface area contributed by atoms with Crippen molar-refractivity contribution >= 4 is 11.9 Å². The van der Waals surface area contributed by atoms with Crippen molar-refractivity contribution in [1.82, 2.24) is 15.1 Å². The van der Waals surface area contributed by atoms with E-state index in [0.29, 0.717) is 18.3 Å². The molecule has 136 valence electrons.